The van der Waals surface area contributed by atoms with Gasteiger partial charge in [-0.15, -0.1) is 0 Å². The molecule has 0 spiro atoms. The van der Waals surface area contributed by atoms with Crippen molar-refractivity contribution in [2.45, 2.75) is 270 Å². The summed E-state index contributed by atoms with van der Waals surface area (Å²) in [5, 5.41) is 8.82. The summed E-state index contributed by atoms with van der Waals surface area (Å²) in [6.07, 6.45) is 48.5. The number of carbonyl (C=O) groups is 2. The summed E-state index contributed by atoms with van der Waals surface area (Å²) < 4.78 is 6.02. The number of carboxylic acid groups (broad SMARTS) is 1. The molecule has 0 aliphatic heterocycles. The van der Waals surface area contributed by atoms with E-state index < -0.39 is 5.97 Å². The first-order chi connectivity index (χ1) is 23.6. The fourth-order valence-corrected chi connectivity index (χ4v) is 7.07. The van der Waals surface area contributed by atoms with Crippen molar-refractivity contribution in [2.24, 2.45) is 0 Å². The summed E-state index contributed by atoms with van der Waals surface area (Å²) in [6.45, 7) is 4.57. The number of rotatable bonds is 41. The summed E-state index contributed by atoms with van der Waals surface area (Å²) in [6, 6.07) is 0. The zero-order chi connectivity index (χ0) is 35.0. The third-order valence-corrected chi connectivity index (χ3v) is 10.3. The molecule has 0 saturated heterocycles. The highest BCUT2D eigenvalue weighted by molar-refractivity contribution is 5.69. The number of carbonyl (C=O) groups excluding carboxylic acids is 1. The molecule has 0 saturated carbocycles. The highest BCUT2D eigenvalue weighted by Gasteiger charge is 2.14. The van der Waals surface area contributed by atoms with Crippen LogP contribution in [0.3, 0.4) is 0 Å². The minimum Gasteiger partial charge on any atom is -0.481 e. The summed E-state index contributed by atoms with van der Waals surface area (Å²) in [5.74, 6) is -0.686. The van der Waals surface area contributed by atoms with Crippen LogP contribution in [0.5, 0.6) is 0 Å². The fraction of sp³-hybridized carbons (Fsp3) is 0.955. The van der Waals surface area contributed by atoms with Gasteiger partial charge in [0.1, 0.15) is 6.10 Å². The Labute approximate surface area is 301 Å². The van der Waals surface area contributed by atoms with Crippen molar-refractivity contribution in [2.75, 3.05) is 0 Å². The first kappa shape index (κ1) is 46.9. The highest BCUT2D eigenvalue weighted by atomic mass is 16.5. The first-order valence-electron chi connectivity index (χ1n) is 22.0. The number of esters is 1. The number of ether oxygens (including phenoxy) is 1. The number of carboxylic acids is 1. The number of hydrogen-bond donors (Lipinski definition) is 1. The Bertz CT molecular complexity index is 648. The summed E-state index contributed by atoms with van der Waals surface area (Å²) in [5.41, 5.74) is 0. The second-order valence-corrected chi connectivity index (χ2v) is 15.3. The van der Waals surface area contributed by atoms with Gasteiger partial charge in [-0.05, 0) is 38.5 Å². The molecule has 0 aliphatic carbocycles. The normalized spacial score (nSPS) is 12.0. The molecule has 0 amide bonds. The maximum absolute atomic E-state index is 12.7. The van der Waals surface area contributed by atoms with E-state index in [4.69, 9.17) is 9.84 Å². The van der Waals surface area contributed by atoms with Crippen LogP contribution in [0.1, 0.15) is 264 Å². The van der Waals surface area contributed by atoms with Crippen LogP contribution in [0.25, 0.3) is 0 Å². The Morgan fingerprint density at radius 2 is 0.625 bits per heavy atom. The van der Waals surface area contributed by atoms with Crippen LogP contribution in [0.2, 0.25) is 0 Å². The topological polar surface area (TPSA) is 63.6 Å². The van der Waals surface area contributed by atoms with Crippen LogP contribution in [-0.4, -0.2) is 23.1 Å². The van der Waals surface area contributed by atoms with Crippen molar-refractivity contribution in [1.82, 2.24) is 0 Å². The zero-order valence-corrected chi connectivity index (χ0v) is 32.8. The van der Waals surface area contributed by atoms with Crippen LogP contribution in [-0.2, 0) is 14.3 Å². The number of aliphatic carboxylic acids is 1. The van der Waals surface area contributed by atoms with E-state index >= 15 is 0 Å². The van der Waals surface area contributed by atoms with Gasteiger partial charge < -0.3 is 9.84 Å². The second kappa shape index (κ2) is 40.4. The molecule has 0 radical (unpaired) electrons. The van der Waals surface area contributed by atoms with Gasteiger partial charge >= 0.3 is 11.9 Å². The van der Waals surface area contributed by atoms with Gasteiger partial charge in [-0.3, -0.25) is 9.59 Å². The average molecular weight is 679 g/mol. The first-order valence-corrected chi connectivity index (χ1v) is 22.0. The van der Waals surface area contributed by atoms with Crippen molar-refractivity contribution >= 4 is 11.9 Å². The molecule has 0 bridgehead atoms. The van der Waals surface area contributed by atoms with Gasteiger partial charge in [0.2, 0.25) is 0 Å². The van der Waals surface area contributed by atoms with E-state index in [1.165, 1.54) is 173 Å². The largest absolute Gasteiger partial charge is 0.481 e. The van der Waals surface area contributed by atoms with Crippen LogP contribution in [0, 0.1) is 0 Å². The lowest BCUT2D eigenvalue weighted by molar-refractivity contribution is -0.150. The van der Waals surface area contributed by atoms with Gasteiger partial charge in [-0.2, -0.15) is 0 Å². The predicted molar refractivity (Wildman–Crippen MR) is 209 cm³/mol. The molecule has 48 heavy (non-hydrogen) atoms. The molecule has 4 nitrogen and oxygen atoms in total. The third kappa shape index (κ3) is 39.4. The Morgan fingerprint density at radius 1 is 0.375 bits per heavy atom. The van der Waals surface area contributed by atoms with Crippen LogP contribution < -0.4 is 0 Å². The van der Waals surface area contributed by atoms with Crippen molar-refractivity contribution < 1.29 is 19.4 Å². The highest BCUT2D eigenvalue weighted by Crippen LogP contribution is 2.19. The zero-order valence-electron chi connectivity index (χ0n) is 32.8. The molecule has 0 rings (SSSR count). The molecule has 1 atom stereocenters. The maximum Gasteiger partial charge on any atom is 0.306 e. The van der Waals surface area contributed by atoms with Gasteiger partial charge in [-0.1, -0.05) is 213 Å². The van der Waals surface area contributed by atoms with E-state index in [9.17, 15) is 9.59 Å². The lowest BCUT2D eigenvalue weighted by Crippen LogP contribution is -2.18. The van der Waals surface area contributed by atoms with Gasteiger partial charge in [0.15, 0.2) is 0 Å². The fourth-order valence-electron chi connectivity index (χ4n) is 7.07. The summed E-state index contributed by atoms with van der Waals surface area (Å²) in [7, 11) is 0. The second-order valence-electron chi connectivity index (χ2n) is 15.3. The summed E-state index contributed by atoms with van der Waals surface area (Å²) >= 11 is 0. The van der Waals surface area contributed by atoms with Crippen LogP contribution in [0.4, 0.5) is 0 Å². The van der Waals surface area contributed by atoms with E-state index in [1.807, 2.05) is 0 Å². The molecular weight excluding hydrogens is 592 g/mol. The lowest BCUT2D eigenvalue weighted by atomic mass is 10.0. The van der Waals surface area contributed by atoms with Crippen molar-refractivity contribution in [1.29, 1.82) is 0 Å². The van der Waals surface area contributed by atoms with E-state index in [1.54, 1.807) is 0 Å². The molecule has 0 fully saturated rings. The van der Waals surface area contributed by atoms with E-state index in [0.29, 0.717) is 6.42 Å². The number of unbranched alkanes of at least 4 members (excludes halogenated alkanes) is 32. The Balaban J connectivity index is 3.84. The molecule has 1 N–H and O–H groups in total. The molecule has 0 aromatic rings. The molecule has 1 unspecified atom stereocenters. The van der Waals surface area contributed by atoms with Crippen molar-refractivity contribution in [3.8, 4) is 0 Å². The molecule has 0 aliphatic rings. The van der Waals surface area contributed by atoms with E-state index in [0.717, 1.165) is 64.2 Å². The van der Waals surface area contributed by atoms with Crippen molar-refractivity contribution in [3.05, 3.63) is 0 Å². The van der Waals surface area contributed by atoms with Gasteiger partial charge in [0.05, 0.1) is 0 Å². The molecule has 0 aromatic heterocycles. The Kier molecular flexibility index (Phi) is 39.5. The Hall–Kier alpha value is -1.06. The minimum atomic E-state index is -0.696. The molecule has 286 valence electrons. The molecule has 0 heterocycles. The molecule has 4 heteroatoms. The van der Waals surface area contributed by atoms with E-state index in [-0.39, 0.29) is 18.5 Å². The average Bonchev–Trinajstić information content (AvgIpc) is 3.07. The smallest absolute Gasteiger partial charge is 0.306 e. The standard InChI is InChI=1S/C44H86O4/c1-3-5-7-9-11-13-15-16-17-18-19-20-21-22-23-24-26-28-33-37-41-44(47)48-42(39-35-31-29-32-36-40-43(45)46)38-34-30-27-25-14-12-10-8-6-4-2/h42H,3-41H2,1-2H3,(H,45,46). The monoisotopic (exact) mass is 679 g/mol. The summed E-state index contributed by atoms with van der Waals surface area (Å²) in [4.78, 5) is 23.4. The van der Waals surface area contributed by atoms with Crippen LogP contribution >= 0.6 is 0 Å². The predicted octanol–water partition coefficient (Wildman–Crippen LogP) is 15.2. The maximum atomic E-state index is 12.7. The van der Waals surface area contributed by atoms with E-state index in [2.05, 4.69) is 13.8 Å². The van der Waals surface area contributed by atoms with Gasteiger partial charge in [-0.25, -0.2) is 0 Å². The van der Waals surface area contributed by atoms with Crippen LogP contribution in [0.15, 0.2) is 0 Å². The lowest BCUT2D eigenvalue weighted by Gasteiger charge is -2.18. The molecule has 0 aromatic carbocycles. The number of hydrogen-bond acceptors (Lipinski definition) is 3. The third-order valence-electron chi connectivity index (χ3n) is 10.3. The van der Waals surface area contributed by atoms with Crippen molar-refractivity contribution in [3.63, 3.8) is 0 Å². The Morgan fingerprint density at radius 3 is 0.917 bits per heavy atom. The molecular formula is C44H86O4. The minimum absolute atomic E-state index is 0.0101. The quantitative estimate of drug-likeness (QED) is 0.0516. The van der Waals surface area contributed by atoms with Gasteiger partial charge in [0.25, 0.3) is 0 Å². The van der Waals surface area contributed by atoms with Gasteiger partial charge in [0, 0.05) is 12.8 Å². The SMILES string of the molecule is CCCCCCCCCCCCCCCCCCCCCCC(=O)OC(CCCCCCCCCCCC)CCCCCCCC(=O)O.